The Kier molecular flexibility index (Phi) is 6.24. The lowest BCUT2D eigenvalue weighted by Gasteiger charge is -2.23. The lowest BCUT2D eigenvalue weighted by molar-refractivity contribution is -0.0713. The van der Waals surface area contributed by atoms with Crippen LogP contribution in [-0.4, -0.2) is 45.3 Å². The summed E-state index contributed by atoms with van der Waals surface area (Å²) in [7, 11) is 0. The zero-order valence-corrected chi connectivity index (χ0v) is 8.22. The third-order valence-corrected chi connectivity index (χ3v) is 1.93. The molecule has 0 amide bonds. The average molecular weight is 192 g/mol. The van der Waals surface area contributed by atoms with E-state index in [0.717, 1.165) is 0 Å². The summed E-state index contributed by atoms with van der Waals surface area (Å²) < 4.78 is 0. The van der Waals surface area contributed by atoms with Crippen molar-refractivity contribution in [3.63, 3.8) is 0 Å². The molecule has 0 fully saturated rings. The molecule has 0 aliphatic carbocycles. The van der Waals surface area contributed by atoms with Crippen LogP contribution in [0.5, 0.6) is 0 Å². The Morgan fingerprint density at radius 2 is 1.54 bits per heavy atom. The Morgan fingerprint density at radius 3 is 1.92 bits per heavy atom. The van der Waals surface area contributed by atoms with E-state index in [9.17, 15) is 15.3 Å². The summed E-state index contributed by atoms with van der Waals surface area (Å²) in [6.45, 7) is 3.66. The third-order valence-electron chi connectivity index (χ3n) is 1.93. The van der Waals surface area contributed by atoms with Gasteiger partial charge in [-0.3, -0.25) is 0 Å². The topological polar surface area (TPSA) is 80.9 Å². The van der Waals surface area contributed by atoms with E-state index in [1.165, 1.54) is 0 Å². The van der Waals surface area contributed by atoms with Crippen LogP contribution >= 0.6 is 0 Å². The first kappa shape index (κ1) is 12.8. The Hall–Kier alpha value is -0.160. The average Bonchev–Trinajstić information content (AvgIpc) is 2.02. The van der Waals surface area contributed by atoms with Crippen LogP contribution in [0.3, 0.4) is 0 Å². The van der Waals surface area contributed by atoms with Gasteiger partial charge in [-0.15, -0.1) is 0 Å². The second kappa shape index (κ2) is 6.32. The summed E-state index contributed by atoms with van der Waals surface area (Å²) in [6.07, 6.45) is -2.57. The molecule has 4 nitrogen and oxygen atoms in total. The molecule has 0 aliphatic heterocycles. The summed E-state index contributed by atoms with van der Waals surface area (Å²) in [5.41, 5.74) is 0. The second-order valence-corrected chi connectivity index (χ2v) is 3.77. The normalized spacial score (nSPS) is 18.7. The van der Waals surface area contributed by atoms with Crippen molar-refractivity contribution in [3.8, 4) is 0 Å². The summed E-state index contributed by atoms with van der Waals surface area (Å²) in [5, 5.41) is 36.5. The van der Waals surface area contributed by atoms with Gasteiger partial charge in [0.15, 0.2) is 0 Å². The summed E-state index contributed by atoms with van der Waals surface area (Å²) in [5.74, 6) is 0.269. The minimum Gasteiger partial charge on any atom is -0.396 e. The molecule has 0 saturated carbocycles. The Morgan fingerprint density at radius 1 is 1.00 bits per heavy atom. The van der Waals surface area contributed by atoms with Gasteiger partial charge < -0.3 is 20.4 Å². The van der Waals surface area contributed by atoms with Crippen LogP contribution < -0.4 is 0 Å². The highest BCUT2D eigenvalue weighted by Gasteiger charge is 2.24. The Labute approximate surface area is 78.8 Å². The van der Waals surface area contributed by atoms with Crippen LogP contribution in [0.1, 0.15) is 26.7 Å². The molecule has 0 radical (unpaired) electrons. The van der Waals surface area contributed by atoms with E-state index in [1.54, 1.807) is 0 Å². The number of hydrogen-bond donors (Lipinski definition) is 4. The maximum atomic E-state index is 9.39. The maximum Gasteiger partial charge on any atom is 0.106 e. The molecule has 3 unspecified atom stereocenters. The fraction of sp³-hybridized carbons (Fsp3) is 1.00. The van der Waals surface area contributed by atoms with Crippen molar-refractivity contribution < 1.29 is 20.4 Å². The Balaban J connectivity index is 3.85. The number of rotatable bonds is 6. The van der Waals surface area contributed by atoms with Crippen LogP contribution in [0, 0.1) is 5.92 Å². The Bertz CT molecular complexity index is 127. The van der Waals surface area contributed by atoms with Crippen LogP contribution in [0.4, 0.5) is 0 Å². The fourth-order valence-corrected chi connectivity index (χ4v) is 1.18. The molecular weight excluding hydrogens is 172 g/mol. The highest BCUT2D eigenvalue weighted by Crippen LogP contribution is 2.12. The van der Waals surface area contributed by atoms with Gasteiger partial charge in [0.2, 0.25) is 0 Å². The number of aliphatic hydroxyl groups is 4. The monoisotopic (exact) mass is 192 g/mol. The maximum absolute atomic E-state index is 9.39. The molecule has 0 heterocycles. The van der Waals surface area contributed by atoms with Gasteiger partial charge in [0.25, 0.3) is 0 Å². The van der Waals surface area contributed by atoms with Gasteiger partial charge in [0, 0.05) is 6.61 Å². The molecule has 13 heavy (non-hydrogen) atoms. The van der Waals surface area contributed by atoms with E-state index in [2.05, 4.69) is 0 Å². The van der Waals surface area contributed by atoms with Crippen molar-refractivity contribution >= 4 is 0 Å². The summed E-state index contributed by atoms with van der Waals surface area (Å²) in [4.78, 5) is 0. The van der Waals surface area contributed by atoms with Gasteiger partial charge in [-0.2, -0.15) is 0 Å². The molecule has 3 atom stereocenters. The molecule has 0 rings (SSSR count). The van der Waals surface area contributed by atoms with E-state index in [0.29, 0.717) is 6.42 Å². The van der Waals surface area contributed by atoms with E-state index in [-0.39, 0.29) is 18.9 Å². The molecule has 0 aromatic carbocycles. The largest absolute Gasteiger partial charge is 0.396 e. The van der Waals surface area contributed by atoms with E-state index < -0.39 is 18.3 Å². The lowest BCUT2D eigenvalue weighted by atomic mass is 9.97. The number of hydrogen-bond acceptors (Lipinski definition) is 4. The van der Waals surface area contributed by atoms with Gasteiger partial charge in [-0.1, -0.05) is 13.8 Å². The highest BCUT2D eigenvalue weighted by molar-refractivity contribution is 4.75. The minimum absolute atomic E-state index is 0.0936. The molecule has 80 valence electrons. The van der Waals surface area contributed by atoms with Crippen LogP contribution in [0.2, 0.25) is 0 Å². The third kappa shape index (κ3) is 5.21. The van der Waals surface area contributed by atoms with Gasteiger partial charge in [-0.25, -0.2) is 0 Å². The molecule has 0 bridgehead atoms. The van der Waals surface area contributed by atoms with Crippen molar-refractivity contribution in [2.45, 2.75) is 45.0 Å². The standard InChI is InChI=1S/C9H20O4/c1-6(2)5-8(12)9(13)7(11)3-4-10/h6-13H,3-5H2,1-2H3. The first-order chi connectivity index (χ1) is 5.99. The second-order valence-electron chi connectivity index (χ2n) is 3.77. The molecule has 0 aliphatic rings. The van der Waals surface area contributed by atoms with Gasteiger partial charge in [0.05, 0.1) is 12.2 Å². The van der Waals surface area contributed by atoms with E-state index >= 15 is 0 Å². The summed E-state index contributed by atoms with van der Waals surface area (Å²) in [6, 6.07) is 0. The molecule has 0 aromatic heterocycles. The number of aliphatic hydroxyl groups excluding tert-OH is 4. The fourth-order valence-electron chi connectivity index (χ4n) is 1.18. The zero-order valence-electron chi connectivity index (χ0n) is 8.22. The van der Waals surface area contributed by atoms with Crippen molar-refractivity contribution in [1.82, 2.24) is 0 Å². The van der Waals surface area contributed by atoms with Crippen LogP contribution in [0.15, 0.2) is 0 Å². The smallest absolute Gasteiger partial charge is 0.106 e. The van der Waals surface area contributed by atoms with Gasteiger partial charge in [-0.05, 0) is 18.8 Å². The van der Waals surface area contributed by atoms with Crippen LogP contribution in [0.25, 0.3) is 0 Å². The van der Waals surface area contributed by atoms with Crippen molar-refractivity contribution in [2.75, 3.05) is 6.61 Å². The van der Waals surface area contributed by atoms with Gasteiger partial charge >= 0.3 is 0 Å². The molecule has 4 N–H and O–H groups in total. The van der Waals surface area contributed by atoms with E-state index in [1.807, 2.05) is 13.8 Å². The SMILES string of the molecule is CC(C)CC(O)C(O)C(O)CCO. The molecule has 0 saturated heterocycles. The predicted octanol–water partition coefficient (Wildman–Crippen LogP) is -0.502. The zero-order chi connectivity index (χ0) is 10.4. The van der Waals surface area contributed by atoms with Crippen molar-refractivity contribution in [1.29, 1.82) is 0 Å². The molecule has 0 spiro atoms. The molecule has 4 heteroatoms. The van der Waals surface area contributed by atoms with Gasteiger partial charge in [0.1, 0.15) is 6.10 Å². The highest BCUT2D eigenvalue weighted by atomic mass is 16.4. The van der Waals surface area contributed by atoms with Crippen molar-refractivity contribution in [3.05, 3.63) is 0 Å². The summed E-state index contributed by atoms with van der Waals surface area (Å²) >= 11 is 0. The van der Waals surface area contributed by atoms with E-state index in [4.69, 9.17) is 5.11 Å². The van der Waals surface area contributed by atoms with Crippen LogP contribution in [-0.2, 0) is 0 Å². The molecular formula is C9H20O4. The predicted molar refractivity (Wildman–Crippen MR) is 49.2 cm³/mol. The lowest BCUT2D eigenvalue weighted by Crippen LogP contribution is -2.38. The first-order valence-electron chi connectivity index (χ1n) is 4.64. The molecule has 0 aromatic rings. The first-order valence-corrected chi connectivity index (χ1v) is 4.64. The minimum atomic E-state index is -1.16. The van der Waals surface area contributed by atoms with Crippen molar-refractivity contribution in [2.24, 2.45) is 5.92 Å². The quantitative estimate of drug-likeness (QED) is 0.457.